The highest BCUT2D eigenvalue weighted by Crippen LogP contribution is 2.22. The van der Waals surface area contributed by atoms with Gasteiger partial charge in [-0.25, -0.2) is 4.98 Å². The smallest absolute Gasteiger partial charge is 0.269 e. The molecule has 9 heteroatoms. The van der Waals surface area contributed by atoms with Gasteiger partial charge >= 0.3 is 0 Å². The zero-order valence-electron chi connectivity index (χ0n) is 16.1. The largest absolute Gasteiger partial charge is 0.467 e. The lowest BCUT2D eigenvalue weighted by atomic mass is 10.1. The predicted octanol–water partition coefficient (Wildman–Crippen LogP) is 3.35. The number of aromatic nitrogens is 3. The summed E-state index contributed by atoms with van der Waals surface area (Å²) in [5.74, 6) is 0.607. The molecule has 0 radical (unpaired) electrons. The van der Waals surface area contributed by atoms with Crippen LogP contribution in [0.4, 0.5) is 5.69 Å². The van der Waals surface area contributed by atoms with Crippen LogP contribution >= 0.6 is 0 Å². The number of nitro benzene ring substituents is 1. The first-order chi connectivity index (χ1) is 15.0. The van der Waals surface area contributed by atoms with E-state index in [9.17, 15) is 14.9 Å². The molecule has 0 bridgehead atoms. The molecule has 0 unspecified atom stereocenters. The van der Waals surface area contributed by atoms with Crippen LogP contribution in [0.2, 0.25) is 0 Å². The van der Waals surface area contributed by atoms with E-state index in [1.807, 2.05) is 0 Å². The molecule has 4 aromatic heterocycles. The highest BCUT2D eigenvalue weighted by atomic mass is 16.6. The van der Waals surface area contributed by atoms with Gasteiger partial charge in [0, 0.05) is 23.9 Å². The molecule has 9 nitrogen and oxygen atoms in total. The average Bonchev–Trinajstić information content (AvgIpc) is 3.29. The highest BCUT2D eigenvalue weighted by Gasteiger charge is 2.16. The fourth-order valence-electron chi connectivity index (χ4n) is 3.58. The molecule has 0 spiro atoms. The van der Waals surface area contributed by atoms with Crippen molar-refractivity contribution in [2.45, 2.75) is 6.54 Å². The summed E-state index contributed by atoms with van der Waals surface area (Å²) in [5, 5.41) is 20.1. The zero-order chi connectivity index (χ0) is 21.5. The first-order valence-electron chi connectivity index (χ1n) is 9.40. The number of fused-ring (bicyclic) bond motifs is 2. The van der Waals surface area contributed by atoms with E-state index in [2.05, 4.69) is 4.98 Å². The van der Waals surface area contributed by atoms with Crippen LogP contribution in [0.3, 0.4) is 0 Å². The lowest BCUT2D eigenvalue weighted by Crippen LogP contribution is -2.27. The summed E-state index contributed by atoms with van der Waals surface area (Å²) in [6, 6.07) is 16.3. The average molecular weight is 413 g/mol. The Hall–Kier alpha value is -4.53. The van der Waals surface area contributed by atoms with E-state index in [-0.39, 0.29) is 23.3 Å². The number of benzene rings is 1. The molecule has 0 atom stereocenters. The maximum atomic E-state index is 13.2. The normalized spacial score (nSPS) is 11.2. The molecular formula is C22H15N5O4. The van der Waals surface area contributed by atoms with Crippen molar-refractivity contribution in [3.05, 3.63) is 105 Å². The van der Waals surface area contributed by atoms with Crippen LogP contribution in [0.25, 0.3) is 27.8 Å². The maximum Gasteiger partial charge on any atom is 0.269 e. The number of pyridine rings is 2. The third-order valence-corrected chi connectivity index (χ3v) is 5.10. The lowest BCUT2D eigenvalue weighted by Gasteiger charge is -2.14. The van der Waals surface area contributed by atoms with Gasteiger partial charge in [-0.3, -0.25) is 24.7 Å². The molecule has 0 aliphatic heterocycles. The van der Waals surface area contributed by atoms with Crippen LogP contribution in [-0.4, -0.2) is 18.9 Å². The first kappa shape index (κ1) is 18.5. The Bertz CT molecular complexity index is 1560. The van der Waals surface area contributed by atoms with Crippen molar-refractivity contribution in [3.8, 4) is 11.1 Å². The van der Waals surface area contributed by atoms with Gasteiger partial charge in [-0.15, -0.1) is 0 Å². The second-order valence-corrected chi connectivity index (χ2v) is 6.96. The van der Waals surface area contributed by atoms with Crippen LogP contribution in [-0.2, 0) is 6.54 Å². The van der Waals surface area contributed by atoms with E-state index < -0.39 is 4.92 Å². The number of furan rings is 1. The standard InChI is InChI=1S/C22H15N5O4/c23-20-17(14-6-8-15(9-7-14)27(29)30)12-18-21(26(20)13-16-4-3-11-31-16)24-19-5-1-2-10-25(19)22(18)28/h1-12,23H,13H2. The quantitative estimate of drug-likeness (QED) is 0.275. The molecule has 1 aromatic carbocycles. The van der Waals surface area contributed by atoms with Crippen molar-refractivity contribution in [2.24, 2.45) is 0 Å². The van der Waals surface area contributed by atoms with Crippen LogP contribution in [0.1, 0.15) is 5.76 Å². The fourth-order valence-corrected chi connectivity index (χ4v) is 3.58. The molecule has 0 fully saturated rings. The van der Waals surface area contributed by atoms with Crippen LogP contribution in [0, 0.1) is 15.5 Å². The number of nitro groups is 1. The van der Waals surface area contributed by atoms with Gasteiger partial charge in [0.15, 0.2) is 0 Å². The predicted molar refractivity (Wildman–Crippen MR) is 113 cm³/mol. The SMILES string of the molecule is N=c1c(-c2ccc([N+](=O)[O-])cc2)cc2c(=O)n3ccccc3nc2n1Cc1ccco1. The Morgan fingerprint density at radius 3 is 2.61 bits per heavy atom. The van der Waals surface area contributed by atoms with E-state index in [1.165, 1.54) is 16.5 Å². The summed E-state index contributed by atoms with van der Waals surface area (Å²) in [6.45, 7) is 0.207. The Labute approximate surface area is 174 Å². The molecule has 0 amide bonds. The van der Waals surface area contributed by atoms with Crippen LogP contribution in [0.5, 0.6) is 0 Å². The van der Waals surface area contributed by atoms with Crippen molar-refractivity contribution < 1.29 is 9.34 Å². The third kappa shape index (κ3) is 3.08. The number of nitrogens with zero attached hydrogens (tertiary/aromatic N) is 4. The Morgan fingerprint density at radius 2 is 1.90 bits per heavy atom. The molecular weight excluding hydrogens is 398 g/mol. The van der Waals surface area contributed by atoms with E-state index >= 15 is 0 Å². The summed E-state index contributed by atoms with van der Waals surface area (Å²) in [6.07, 6.45) is 3.18. The number of hydrogen-bond donors (Lipinski definition) is 1. The molecule has 1 N–H and O–H groups in total. The summed E-state index contributed by atoms with van der Waals surface area (Å²) in [4.78, 5) is 28.4. The monoisotopic (exact) mass is 413 g/mol. The third-order valence-electron chi connectivity index (χ3n) is 5.10. The Balaban J connectivity index is 1.84. The van der Waals surface area contributed by atoms with Crippen molar-refractivity contribution in [2.75, 3.05) is 0 Å². The van der Waals surface area contributed by atoms with Crippen molar-refractivity contribution in [3.63, 3.8) is 0 Å². The Kier molecular flexibility index (Phi) is 4.21. The molecule has 0 saturated carbocycles. The molecule has 0 aliphatic rings. The van der Waals surface area contributed by atoms with Gasteiger partial charge in [-0.05, 0) is 48.0 Å². The van der Waals surface area contributed by atoms with E-state index in [1.54, 1.807) is 65.6 Å². The lowest BCUT2D eigenvalue weighted by molar-refractivity contribution is -0.384. The minimum absolute atomic E-state index is 0.0488. The van der Waals surface area contributed by atoms with Crippen LogP contribution in [0.15, 0.2) is 82.3 Å². The molecule has 5 aromatic rings. The summed E-state index contributed by atoms with van der Waals surface area (Å²) >= 11 is 0. The minimum Gasteiger partial charge on any atom is -0.467 e. The maximum absolute atomic E-state index is 13.2. The summed E-state index contributed by atoms with van der Waals surface area (Å²) in [7, 11) is 0. The van der Waals surface area contributed by atoms with E-state index in [4.69, 9.17) is 9.83 Å². The molecule has 4 heterocycles. The van der Waals surface area contributed by atoms with Crippen LogP contribution < -0.4 is 11.0 Å². The van der Waals surface area contributed by atoms with E-state index in [0.29, 0.717) is 33.6 Å². The zero-order valence-corrected chi connectivity index (χ0v) is 16.1. The number of hydrogen-bond acceptors (Lipinski definition) is 6. The number of rotatable bonds is 4. The van der Waals surface area contributed by atoms with Crippen molar-refractivity contribution in [1.82, 2.24) is 14.0 Å². The van der Waals surface area contributed by atoms with Gasteiger partial charge in [0.25, 0.3) is 11.2 Å². The molecule has 0 aliphatic carbocycles. The molecule has 5 rings (SSSR count). The minimum atomic E-state index is -0.481. The topological polar surface area (TPSA) is 119 Å². The molecule has 31 heavy (non-hydrogen) atoms. The molecule has 152 valence electrons. The van der Waals surface area contributed by atoms with Gasteiger partial charge in [0.2, 0.25) is 0 Å². The van der Waals surface area contributed by atoms with Gasteiger partial charge in [-0.1, -0.05) is 6.07 Å². The second kappa shape index (κ2) is 7.06. The molecule has 0 saturated heterocycles. The van der Waals surface area contributed by atoms with Gasteiger partial charge < -0.3 is 8.98 Å². The van der Waals surface area contributed by atoms with E-state index in [0.717, 1.165) is 0 Å². The second-order valence-electron chi connectivity index (χ2n) is 6.96. The first-order valence-corrected chi connectivity index (χ1v) is 9.40. The summed E-state index contributed by atoms with van der Waals surface area (Å²) < 4.78 is 8.51. The Morgan fingerprint density at radius 1 is 1.10 bits per heavy atom. The van der Waals surface area contributed by atoms with Gasteiger partial charge in [-0.2, -0.15) is 0 Å². The highest BCUT2D eigenvalue weighted by molar-refractivity contribution is 5.82. The summed E-state index contributed by atoms with van der Waals surface area (Å²) in [5.41, 5.74) is 1.68. The fraction of sp³-hybridized carbons (Fsp3) is 0.0455. The number of nitrogens with one attached hydrogen (secondary N) is 1. The number of non-ortho nitro benzene ring substituents is 1. The van der Waals surface area contributed by atoms with Crippen molar-refractivity contribution in [1.29, 1.82) is 5.41 Å². The van der Waals surface area contributed by atoms with Gasteiger partial charge in [0.05, 0.1) is 23.1 Å². The van der Waals surface area contributed by atoms with Gasteiger partial charge in [0.1, 0.15) is 22.5 Å². The van der Waals surface area contributed by atoms with Crippen molar-refractivity contribution >= 4 is 22.4 Å².